The molecular weight excluding hydrogens is 366 g/mol. The van der Waals surface area contributed by atoms with Crippen molar-refractivity contribution < 1.29 is 9.53 Å². The molecule has 0 bridgehead atoms. The van der Waals surface area contributed by atoms with Gasteiger partial charge in [0.15, 0.2) is 6.61 Å². The Labute approximate surface area is 152 Å². The van der Waals surface area contributed by atoms with Gasteiger partial charge in [0.25, 0.3) is 5.91 Å². The van der Waals surface area contributed by atoms with E-state index >= 15 is 0 Å². The van der Waals surface area contributed by atoms with Crippen LogP contribution in [-0.4, -0.2) is 12.5 Å². The van der Waals surface area contributed by atoms with E-state index in [9.17, 15) is 4.79 Å². The summed E-state index contributed by atoms with van der Waals surface area (Å²) in [4.78, 5) is 12.1. The summed E-state index contributed by atoms with van der Waals surface area (Å²) in [6, 6.07) is 12.1. The first-order valence-electron chi connectivity index (χ1n) is 8.18. The molecule has 0 aliphatic rings. The van der Waals surface area contributed by atoms with Gasteiger partial charge in [-0.2, -0.15) is 0 Å². The molecule has 0 heterocycles. The number of amides is 1. The lowest BCUT2D eigenvalue weighted by atomic mass is 10.1. The Hall–Kier alpha value is -1.81. The van der Waals surface area contributed by atoms with E-state index in [0.29, 0.717) is 5.75 Å². The van der Waals surface area contributed by atoms with E-state index in [1.54, 1.807) is 0 Å². The van der Waals surface area contributed by atoms with Crippen LogP contribution in [0.4, 0.5) is 0 Å². The Balaban J connectivity index is 1.90. The summed E-state index contributed by atoms with van der Waals surface area (Å²) in [6.07, 6.45) is 1.01. The summed E-state index contributed by atoms with van der Waals surface area (Å²) in [5.41, 5.74) is 4.57. The summed E-state index contributed by atoms with van der Waals surface area (Å²) in [5.74, 6) is 0.587. The molecule has 1 amide bonds. The third-order valence-electron chi connectivity index (χ3n) is 4.05. The van der Waals surface area contributed by atoms with Crippen molar-refractivity contribution in [2.45, 2.75) is 40.2 Å². The third-order valence-corrected chi connectivity index (χ3v) is 5.30. The van der Waals surface area contributed by atoms with E-state index in [4.69, 9.17) is 4.74 Å². The van der Waals surface area contributed by atoms with Crippen LogP contribution in [-0.2, 0) is 11.2 Å². The number of ether oxygens (including phenoxy) is 1. The predicted molar refractivity (Wildman–Crippen MR) is 101 cm³/mol. The minimum absolute atomic E-state index is 0.0118. The number of rotatable bonds is 6. The fraction of sp³-hybridized carbons (Fsp3) is 0.350. The third kappa shape index (κ3) is 4.84. The molecule has 0 spiro atoms. The molecule has 0 aliphatic heterocycles. The average molecular weight is 390 g/mol. The zero-order valence-electron chi connectivity index (χ0n) is 14.7. The van der Waals surface area contributed by atoms with Crippen molar-refractivity contribution in [3.63, 3.8) is 0 Å². The standard InChI is InChI=1S/C20H24BrNO2/c1-5-16-6-8-17(9-7-16)15(4)22-19(23)12-24-18-10-13(2)20(21)14(3)11-18/h6-11,15H,5,12H2,1-4H3,(H,22,23). The summed E-state index contributed by atoms with van der Waals surface area (Å²) in [6.45, 7) is 8.13. The smallest absolute Gasteiger partial charge is 0.258 e. The maximum atomic E-state index is 12.1. The Morgan fingerprint density at radius 2 is 1.75 bits per heavy atom. The number of nitrogens with one attached hydrogen (secondary N) is 1. The normalized spacial score (nSPS) is 11.9. The van der Waals surface area contributed by atoms with Crippen molar-refractivity contribution in [3.8, 4) is 5.75 Å². The van der Waals surface area contributed by atoms with Crippen LogP contribution in [0.15, 0.2) is 40.9 Å². The molecule has 1 N–H and O–H groups in total. The fourth-order valence-electron chi connectivity index (χ4n) is 2.55. The molecule has 0 aromatic heterocycles. The van der Waals surface area contributed by atoms with Gasteiger partial charge in [0.05, 0.1) is 6.04 Å². The minimum atomic E-state index is -0.125. The maximum Gasteiger partial charge on any atom is 0.258 e. The highest BCUT2D eigenvalue weighted by Crippen LogP contribution is 2.26. The first-order valence-corrected chi connectivity index (χ1v) is 8.97. The SMILES string of the molecule is CCc1ccc(C(C)NC(=O)COc2cc(C)c(Br)c(C)c2)cc1. The summed E-state index contributed by atoms with van der Waals surface area (Å²) >= 11 is 3.53. The highest BCUT2D eigenvalue weighted by molar-refractivity contribution is 9.10. The Morgan fingerprint density at radius 3 is 2.29 bits per heavy atom. The van der Waals surface area contributed by atoms with E-state index in [1.807, 2.05) is 32.9 Å². The Kier molecular flexibility index (Phi) is 6.44. The molecule has 24 heavy (non-hydrogen) atoms. The number of carbonyl (C=O) groups excluding carboxylic acids is 1. The second-order valence-electron chi connectivity index (χ2n) is 6.04. The van der Waals surface area contributed by atoms with E-state index in [-0.39, 0.29) is 18.6 Å². The molecule has 4 heteroatoms. The van der Waals surface area contributed by atoms with Crippen LogP contribution in [0.1, 0.15) is 42.1 Å². The lowest BCUT2D eigenvalue weighted by Crippen LogP contribution is -2.31. The molecule has 2 rings (SSSR count). The quantitative estimate of drug-likeness (QED) is 0.763. The molecular formula is C20H24BrNO2. The van der Waals surface area contributed by atoms with Crippen LogP contribution >= 0.6 is 15.9 Å². The highest BCUT2D eigenvalue weighted by atomic mass is 79.9. The zero-order chi connectivity index (χ0) is 17.7. The van der Waals surface area contributed by atoms with Crippen LogP contribution < -0.4 is 10.1 Å². The molecule has 1 unspecified atom stereocenters. The van der Waals surface area contributed by atoms with Gasteiger partial charge in [-0.25, -0.2) is 0 Å². The molecule has 0 saturated heterocycles. The van der Waals surface area contributed by atoms with E-state index in [1.165, 1.54) is 5.56 Å². The number of aryl methyl sites for hydroxylation is 3. The van der Waals surface area contributed by atoms with Crippen LogP contribution in [0.2, 0.25) is 0 Å². The zero-order valence-corrected chi connectivity index (χ0v) is 16.2. The largest absolute Gasteiger partial charge is 0.484 e. The Bertz CT molecular complexity index is 687. The number of hydrogen-bond acceptors (Lipinski definition) is 2. The van der Waals surface area contributed by atoms with Gasteiger partial charge in [-0.05, 0) is 61.6 Å². The van der Waals surface area contributed by atoms with Crippen LogP contribution in [0.5, 0.6) is 5.75 Å². The van der Waals surface area contributed by atoms with Gasteiger partial charge in [0.2, 0.25) is 0 Å². The van der Waals surface area contributed by atoms with E-state index < -0.39 is 0 Å². The molecule has 0 radical (unpaired) electrons. The van der Waals surface area contributed by atoms with Crippen molar-refractivity contribution in [1.82, 2.24) is 5.32 Å². The van der Waals surface area contributed by atoms with Gasteiger partial charge in [0.1, 0.15) is 5.75 Å². The topological polar surface area (TPSA) is 38.3 Å². The molecule has 128 valence electrons. The monoisotopic (exact) mass is 389 g/mol. The van der Waals surface area contributed by atoms with E-state index in [0.717, 1.165) is 27.6 Å². The molecule has 0 fully saturated rings. The summed E-state index contributed by atoms with van der Waals surface area (Å²) in [5, 5.41) is 2.97. The lowest BCUT2D eigenvalue weighted by Gasteiger charge is -2.15. The number of carbonyl (C=O) groups is 1. The second-order valence-corrected chi connectivity index (χ2v) is 6.84. The molecule has 1 atom stereocenters. The van der Waals surface area contributed by atoms with Gasteiger partial charge >= 0.3 is 0 Å². The number of benzene rings is 2. The van der Waals surface area contributed by atoms with Gasteiger partial charge in [-0.1, -0.05) is 47.1 Å². The second kappa shape index (κ2) is 8.34. The van der Waals surface area contributed by atoms with Gasteiger partial charge < -0.3 is 10.1 Å². The van der Waals surface area contributed by atoms with Crippen molar-refractivity contribution in [2.75, 3.05) is 6.61 Å². The predicted octanol–water partition coefficient (Wildman–Crippen LogP) is 4.88. The van der Waals surface area contributed by atoms with Crippen LogP contribution in [0.3, 0.4) is 0 Å². The van der Waals surface area contributed by atoms with E-state index in [2.05, 4.69) is 52.4 Å². The molecule has 0 saturated carbocycles. The average Bonchev–Trinajstić information content (AvgIpc) is 2.57. The van der Waals surface area contributed by atoms with Crippen molar-refractivity contribution >= 4 is 21.8 Å². The van der Waals surface area contributed by atoms with Crippen molar-refractivity contribution in [2.24, 2.45) is 0 Å². The molecule has 2 aromatic rings. The van der Waals surface area contributed by atoms with Gasteiger partial charge in [-0.15, -0.1) is 0 Å². The number of hydrogen-bond donors (Lipinski definition) is 1. The molecule has 0 aliphatic carbocycles. The van der Waals surface area contributed by atoms with Crippen molar-refractivity contribution in [1.29, 1.82) is 0 Å². The Morgan fingerprint density at radius 1 is 1.17 bits per heavy atom. The van der Waals surface area contributed by atoms with Crippen LogP contribution in [0.25, 0.3) is 0 Å². The summed E-state index contributed by atoms with van der Waals surface area (Å²) < 4.78 is 6.70. The first kappa shape index (κ1) is 18.5. The highest BCUT2D eigenvalue weighted by Gasteiger charge is 2.11. The van der Waals surface area contributed by atoms with Crippen LogP contribution in [0, 0.1) is 13.8 Å². The molecule has 2 aromatic carbocycles. The maximum absolute atomic E-state index is 12.1. The molecule has 3 nitrogen and oxygen atoms in total. The number of halogens is 1. The fourth-order valence-corrected chi connectivity index (χ4v) is 2.78. The van der Waals surface area contributed by atoms with Gasteiger partial charge in [-0.3, -0.25) is 4.79 Å². The van der Waals surface area contributed by atoms with Crippen molar-refractivity contribution in [3.05, 3.63) is 63.1 Å². The minimum Gasteiger partial charge on any atom is -0.484 e. The first-order chi connectivity index (χ1) is 11.4. The van der Waals surface area contributed by atoms with Gasteiger partial charge in [0, 0.05) is 4.47 Å². The summed E-state index contributed by atoms with van der Waals surface area (Å²) in [7, 11) is 0. The lowest BCUT2D eigenvalue weighted by molar-refractivity contribution is -0.123.